The first-order valence-corrected chi connectivity index (χ1v) is 7.57. The summed E-state index contributed by atoms with van der Waals surface area (Å²) in [4.78, 5) is 0. The Kier molecular flexibility index (Phi) is 4.62. The quantitative estimate of drug-likeness (QED) is 0.723. The highest BCUT2D eigenvalue weighted by molar-refractivity contribution is 9.10. The second kappa shape index (κ2) is 5.92. The first-order chi connectivity index (χ1) is 9.31. The van der Waals surface area contributed by atoms with Gasteiger partial charge in [0.05, 0.1) is 4.47 Å². The first-order valence-electron chi connectivity index (χ1n) is 5.98. The van der Waals surface area contributed by atoms with E-state index in [9.17, 15) is 8.78 Å². The van der Waals surface area contributed by atoms with Gasteiger partial charge >= 0.3 is 0 Å². The molecule has 2 N–H and O–H groups in total. The Morgan fingerprint density at radius 1 is 1.05 bits per heavy atom. The molecule has 0 aliphatic rings. The minimum absolute atomic E-state index is 0.00714. The molecule has 20 heavy (non-hydrogen) atoms. The molecule has 0 aromatic heterocycles. The van der Waals surface area contributed by atoms with E-state index < -0.39 is 17.2 Å². The topological polar surface area (TPSA) is 26.0 Å². The van der Waals surface area contributed by atoms with Crippen LogP contribution in [-0.4, -0.2) is 0 Å². The molecule has 5 heteroatoms. The van der Waals surface area contributed by atoms with E-state index in [-0.39, 0.29) is 16.5 Å². The molecule has 0 amide bonds. The summed E-state index contributed by atoms with van der Waals surface area (Å²) in [7, 11) is 0. The van der Waals surface area contributed by atoms with E-state index >= 15 is 0 Å². The van der Waals surface area contributed by atoms with Gasteiger partial charge in [0.2, 0.25) is 0 Å². The number of hydrogen-bond donors (Lipinski definition) is 1. The van der Waals surface area contributed by atoms with Gasteiger partial charge in [-0.3, -0.25) is 0 Å². The number of benzene rings is 2. The Bertz CT molecular complexity index is 625. The highest BCUT2D eigenvalue weighted by Crippen LogP contribution is 2.29. The van der Waals surface area contributed by atoms with Crippen molar-refractivity contribution in [3.8, 4) is 0 Å². The van der Waals surface area contributed by atoms with E-state index in [4.69, 9.17) is 5.73 Å². The summed E-state index contributed by atoms with van der Waals surface area (Å²) < 4.78 is 29.0. The molecule has 1 unspecified atom stereocenters. The Labute approximate surface area is 133 Å². The van der Waals surface area contributed by atoms with Gasteiger partial charge in [0, 0.05) is 22.0 Å². The lowest BCUT2D eigenvalue weighted by Gasteiger charge is -2.26. The summed E-state index contributed by atoms with van der Waals surface area (Å²) in [5, 5.41) is 0. The number of hydrogen-bond acceptors (Lipinski definition) is 1. The van der Waals surface area contributed by atoms with Crippen LogP contribution in [0.3, 0.4) is 0 Å². The number of halogens is 4. The predicted octanol–water partition coefficient (Wildman–Crippen LogP) is 4.91. The lowest BCUT2D eigenvalue weighted by Crippen LogP contribution is -2.36. The van der Waals surface area contributed by atoms with Gasteiger partial charge in [-0.05, 0) is 52.7 Å². The second-order valence-electron chi connectivity index (χ2n) is 4.92. The van der Waals surface area contributed by atoms with Crippen LogP contribution >= 0.6 is 31.9 Å². The third kappa shape index (κ3) is 3.27. The molecular formula is C15H13Br2F2N. The zero-order valence-corrected chi connectivity index (χ0v) is 13.9. The third-order valence-electron chi connectivity index (χ3n) is 3.19. The molecule has 0 aliphatic carbocycles. The van der Waals surface area contributed by atoms with Crippen molar-refractivity contribution in [3.63, 3.8) is 0 Å². The van der Waals surface area contributed by atoms with Crippen LogP contribution in [0, 0.1) is 11.6 Å². The average molecular weight is 405 g/mol. The normalized spacial score (nSPS) is 14.1. The van der Waals surface area contributed by atoms with Crippen LogP contribution in [0.2, 0.25) is 0 Å². The predicted molar refractivity (Wildman–Crippen MR) is 83.4 cm³/mol. The Morgan fingerprint density at radius 2 is 1.65 bits per heavy atom. The van der Waals surface area contributed by atoms with Crippen molar-refractivity contribution in [1.82, 2.24) is 0 Å². The molecule has 0 bridgehead atoms. The largest absolute Gasteiger partial charge is 0.321 e. The summed E-state index contributed by atoms with van der Waals surface area (Å²) in [6.07, 6.45) is 0.0751. The van der Waals surface area contributed by atoms with Gasteiger partial charge in [-0.1, -0.05) is 28.1 Å². The monoisotopic (exact) mass is 403 g/mol. The van der Waals surface area contributed by atoms with E-state index in [0.29, 0.717) is 0 Å². The van der Waals surface area contributed by atoms with E-state index in [1.165, 1.54) is 12.1 Å². The third-order valence-corrected chi connectivity index (χ3v) is 4.33. The van der Waals surface area contributed by atoms with Gasteiger partial charge in [-0.15, -0.1) is 0 Å². The molecule has 0 saturated carbocycles. The first kappa shape index (κ1) is 15.6. The summed E-state index contributed by atoms with van der Waals surface area (Å²) in [6.45, 7) is 1.76. The Hall–Kier alpha value is -0.780. The van der Waals surface area contributed by atoms with Crippen molar-refractivity contribution in [2.45, 2.75) is 18.9 Å². The standard InChI is InChI=1S/C15H13Br2F2N/c1-15(20,9-2-4-10(16)5-3-9)8-11-13(18)7-6-12(17)14(11)19/h2-7H,8,20H2,1H3. The molecule has 2 aromatic carbocycles. The summed E-state index contributed by atoms with van der Waals surface area (Å²) in [5.41, 5.74) is 6.20. The van der Waals surface area contributed by atoms with Crippen molar-refractivity contribution in [1.29, 1.82) is 0 Å². The maximum absolute atomic E-state index is 14.0. The van der Waals surface area contributed by atoms with E-state index in [2.05, 4.69) is 31.9 Å². The molecule has 0 spiro atoms. The SMILES string of the molecule is CC(N)(Cc1c(F)ccc(Br)c1F)c1ccc(Br)cc1. The van der Waals surface area contributed by atoms with E-state index in [0.717, 1.165) is 10.0 Å². The summed E-state index contributed by atoms with van der Waals surface area (Å²) >= 11 is 6.41. The highest BCUT2D eigenvalue weighted by Gasteiger charge is 2.26. The molecular weight excluding hydrogens is 392 g/mol. The van der Waals surface area contributed by atoms with Gasteiger partial charge in [-0.25, -0.2) is 8.78 Å². The lowest BCUT2D eigenvalue weighted by atomic mass is 9.86. The minimum atomic E-state index is -0.858. The van der Waals surface area contributed by atoms with Crippen molar-refractivity contribution in [3.05, 3.63) is 68.1 Å². The molecule has 1 nitrogen and oxygen atoms in total. The van der Waals surface area contributed by atoms with Crippen LogP contribution < -0.4 is 5.73 Å². The zero-order chi connectivity index (χ0) is 14.9. The number of rotatable bonds is 3. The fourth-order valence-corrected chi connectivity index (χ4v) is 2.67. The van der Waals surface area contributed by atoms with Crippen LogP contribution in [0.15, 0.2) is 45.3 Å². The van der Waals surface area contributed by atoms with Crippen LogP contribution in [0.25, 0.3) is 0 Å². The maximum atomic E-state index is 14.0. The fourth-order valence-electron chi connectivity index (χ4n) is 2.03. The number of nitrogens with two attached hydrogens (primary N) is 1. The van der Waals surface area contributed by atoms with Gasteiger partial charge in [0.1, 0.15) is 11.6 Å². The van der Waals surface area contributed by atoms with Crippen LogP contribution in [0.4, 0.5) is 8.78 Å². The molecule has 0 saturated heterocycles. The Balaban J connectivity index is 2.38. The van der Waals surface area contributed by atoms with Gasteiger partial charge in [0.15, 0.2) is 0 Å². The summed E-state index contributed by atoms with van der Waals surface area (Å²) in [5.74, 6) is -1.18. The highest BCUT2D eigenvalue weighted by atomic mass is 79.9. The van der Waals surface area contributed by atoms with Crippen LogP contribution in [0.1, 0.15) is 18.1 Å². The maximum Gasteiger partial charge on any atom is 0.143 e. The molecule has 0 aliphatic heterocycles. The van der Waals surface area contributed by atoms with E-state index in [1.54, 1.807) is 6.92 Å². The van der Waals surface area contributed by atoms with Gasteiger partial charge in [-0.2, -0.15) is 0 Å². The smallest absolute Gasteiger partial charge is 0.143 e. The minimum Gasteiger partial charge on any atom is -0.321 e. The molecule has 2 rings (SSSR count). The molecule has 0 radical (unpaired) electrons. The molecule has 1 atom stereocenters. The summed E-state index contributed by atoms with van der Waals surface area (Å²) in [6, 6.07) is 9.99. The van der Waals surface area contributed by atoms with Gasteiger partial charge < -0.3 is 5.73 Å². The zero-order valence-electron chi connectivity index (χ0n) is 10.8. The molecule has 0 heterocycles. The average Bonchev–Trinajstić information content (AvgIpc) is 2.40. The van der Waals surface area contributed by atoms with Gasteiger partial charge in [0.25, 0.3) is 0 Å². The van der Waals surface area contributed by atoms with Crippen LogP contribution in [0.5, 0.6) is 0 Å². The van der Waals surface area contributed by atoms with Crippen molar-refractivity contribution in [2.75, 3.05) is 0 Å². The Morgan fingerprint density at radius 3 is 2.25 bits per heavy atom. The van der Waals surface area contributed by atoms with Crippen molar-refractivity contribution in [2.24, 2.45) is 5.73 Å². The molecule has 2 aromatic rings. The fraction of sp³-hybridized carbons (Fsp3) is 0.200. The van der Waals surface area contributed by atoms with E-state index in [1.807, 2.05) is 24.3 Å². The van der Waals surface area contributed by atoms with Crippen molar-refractivity contribution < 1.29 is 8.78 Å². The second-order valence-corrected chi connectivity index (χ2v) is 6.69. The van der Waals surface area contributed by atoms with Crippen molar-refractivity contribution >= 4 is 31.9 Å². The molecule has 0 fully saturated rings. The molecule has 106 valence electrons. The lowest BCUT2D eigenvalue weighted by molar-refractivity contribution is 0.454. The van der Waals surface area contributed by atoms with Crippen LogP contribution in [-0.2, 0) is 12.0 Å².